The molecule has 0 spiro atoms. The number of hydrogen-bond acceptors (Lipinski definition) is 4. The average Bonchev–Trinajstić information content (AvgIpc) is 2.59. The minimum absolute atomic E-state index is 0.0135. The molecule has 0 aliphatic carbocycles. The lowest BCUT2D eigenvalue weighted by molar-refractivity contribution is 0.0690. The monoisotopic (exact) mass is 345 g/mol. The van der Waals surface area contributed by atoms with Crippen molar-refractivity contribution >= 4 is 17.6 Å². The van der Waals surface area contributed by atoms with E-state index >= 15 is 0 Å². The van der Waals surface area contributed by atoms with E-state index in [2.05, 4.69) is 27.0 Å². The van der Waals surface area contributed by atoms with Gasteiger partial charge in [-0.2, -0.15) is 0 Å². The van der Waals surface area contributed by atoms with Gasteiger partial charge >= 0.3 is 5.97 Å². The molecule has 1 aliphatic rings. The van der Waals surface area contributed by atoms with Crippen molar-refractivity contribution in [1.29, 1.82) is 0 Å². The highest BCUT2D eigenvalue weighted by molar-refractivity contribution is 6.30. The number of benzene rings is 1. The van der Waals surface area contributed by atoms with Crippen molar-refractivity contribution < 1.29 is 9.90 Å². The first-order valence-electron chi connectivity index (χ1n) is 8.11. The van der Waals surface area contributed by atoms with Crippen LogP contribution < -0.4 is 0 Å². The van der Waals surface area contributed by atoms with E-state index in [1.807, 2.05) is 12.1 Å². The topological polar surface area (TPSA) is 66.3 Å². The van der Waals surface area contributed by atoms with E-state index in [0.29, 0.717) is 5.92 Å². The summed E-state index contributed by atoms with van der Waals surface area (Å²) >= 11 is 5.93. The highest BCUT2D eigenvalue weighted by Crippen LogP contribution is 2.23. The Balaban J connectivity index is 1.48. The maximum absolute atomic E-state index is 10.8. The number of piperidine rings is 1. The highest BCUT2D eigenvalue weighted by Gasteiger charge is 2.20. The molecular weight excluding hydrogens is 326 g/mol. The van der Waals surface area contributed by atoms with Gasteiger partial charge < -0.3 is 5.11 Å². The molecule has 0 amide bonds. The predicted octanol–water partition coefficient (Wildman–Crippen LogP) is 3.28. The van der Waals surface area contributed by atoms with Crippen LogP contribution in [0.15, 0.2) is 36.7 Å². The molecule has 1 aromatic heterocycles. The van der Waals surface area contributed by atoms with Gasteiger partial charge in [-0.25, -0.2) is 9.78 Å². The first-order chi connectivity index (χ1) is 11.6. The zero-order chi connectivity index (χ0) is 16.9. The third kappa shape index (κ3) is 4.52. The van der Waals surface area contributed by atoms with Gasteiger partial charge in [0.25, 0.3) is 0 Å². The minimum atomic E-state index is -1.04. The maximum Gasteiger partial charge on any atom is 0.356 e. The minimum Gasteiger partial charge on any atom is -0.476 e. The summed E-state index contributed by atoms with van der Waals surface area (Å²) in [6, 6.07) is 8.11. The molecule has 5 nitrogen and oxygen atoms in total. The Morgan fingerprint density at radius 2 is 1.88 bits per heavy atom. The van der Waals surface area contributed by atoms with Crippen LogP contribution in [0.3, 0.4) is 0 Å². The van der Waals surface area contributed by atoms with Crippen molar-refractivity contribution in [3.63, 3.8) is 0 Å². The molecular formula is C18H20ClN3O2. The molecule has 24 heavy (non-hydrogen) atoms. The Morgan fingerprint density at radius 1 is 1.17 bits per heavy atom. The van der Waals surface area contributed by atoms with Crippen LogP contribution in [0, 0.1) is 5.92 Å². The predicted molar refractivity (Wildman–Crippen MR) is 92.1 cm³/mol. The van der Waals surface area contributed by atoms with Crippen molar-refractivity contribution in [3.05, 3.63) is 58.6 Å². The maximum atomic E-state index is 10.8. The Labute approximate surface area is 146 Å². The summed E-state index contributed by atoms with van der Waals surface area (Å²) in [7, 11) is 0. The normalized spacial score (nSPS) is 16.2. The fraction of sp³-hybridized carbons (Fsp3) is 0.389. The molecule has 2 aromatic rings. The second-order valence-corrected chi connectivity index (χ2v) is 6.68. The molecule has 1 N–H and O–H groups in total. The van der Waals surface area contributed by atoms with Gasteiger partial charge in [-0.05, 0) is 56.0 Å². The number of aromatic carboxylic acids is 1. The second-order valence-electron chi connectivity index (χ2n) is 6.25. The molecule has 6 heteroatoms. The van der Waals surface area contributed by atoms with Gasteiger partial charge in [0.05, 0.1) is 18.1 Å². The highest BCUT2D eigenvalue weighted by atomic mass is 35.5. The molecule has 0 unspecified atom stereocenters. The standard InChI is InChI=1S/C18H20ClN3O2/c19-15-3-1-13(2-4-15)9-14-5-7-22(8-6-14)12-16-10-21-17(11-20-16)18(23)24/h1-4,10-11,14H,5-9,12H2,(H,23,24). The van der Waals surface area contributed by atoms with Crippen LogP contribution >= 0.6 is 11.6 Å². The number of rotatable bonds is 5. The van der Waals surface area contributed by atoms with E-state index in [4.69, 9.17) is 16.7 Å². The van der Waals surface area contributed by atoms with Gasteiger partial charge in [0.15, 0.2) is 5.69 Å². The summed E-state index contributed by atoms with van der Waals surface area (Å²) in [6.45, 7) is 2.78. The van der Waals surface area contributed by atoms with Gasteiger partial charge in [0.1, 0.15) is 0 Å². The number of nitrogens with zero attached hydrogens (tertiary/aromatic N) is 3. The van der Waals surface area contributed by atoms with Crippen LogP contribution in [-0.4, -0.2) is 39.0 Å². The van der Waals surface area contributed by atoms with Crippen LogP contribution in [0.4, 0.5) is 0 Å². The molecule has 1 aliphatic heterocycles. The largest absolute Gasteiger partial charge is 0.476 e. The Bertz CT molecular complexity index is 680. The number of hydrogen-bond donors (Lipinski definition) is 1. The third-order valence-electron chi connectivity index (χ3n) is 4.45. The molecule has 0 bridgehead atoms. The smallest absolute Gasteiger partial charge is 0.356 e. The molecule has 0 atom stereocenters. The quantitative estimate of drug-likeness (QED) is 0.900. The fourth-order valence-corrected chi connectivity index (χ4v) is 3.20. The van der Waals surface area contributed by atoms with E-state index in [1.54, 1.807) is 6.20 Å². The lowest BCUT2D eigenvalue weighted by Crippen LogP contribution is -2.34. The summed E-state index contributed by atoms with van der Waals surface area (Å²) in [4.78, 5) is 21.3. The number of aromatic nitrogens is 2. The number of likely N-dealkylation sites (tertiary alicyclic amines) is 1. The average molecular weight is 346 g/mol. The fourth-order valence-electron chi connectivity index (χ4n) is 3.08. The Kier molecular flexibility index (Phi) is 5.43. The van der Waals surface area contributed by atoms with E-state index in [1.165, 1.54) is 11.8 Å². The number of halogens is 1. The van der Waals surface area contributed by atoms with Gasteiger partial charge in [-0.3, -0.25) is 9.88 Å². The summed E-state index contributed by atoms with van der Waals surface area (Å²) < 4.78 is 0. The molecule has 1 saturated heterocycles. The summed E-state index contributed by atoms with van der Waals surface area (Å²) in [5.74, 6) is -0.347. The lowest BCUT2D eigenvalue weighted by Gasteiger charge is -2.31. The van der Waals surface area contributed by atoms with Crippen LogP contribution in [0.1, 0.15) is 34.6 Å². The van der Waals surface area contributed by atoms with Gasteiger partial charge in [-0.1, -0.05) is 23.7 Å². The van der Waals surface area contributed by atoms with Crippen LogP contribution in [0.25, 0.3) is 0 Å². The van der Waals surface area contributed by atoms with Crippen molar-refractivity contribution in [2.24, 2.45) is 5.92 Å². The Hall–Kier alpha value is -1.98. The van der Waals surface area contributed by atoms with Crippen molar-refractivity contribution in [2.45, 2.75) is 25.8 Å². The number of carboxylic acids is 1. The zero-order valence-electron chi connectivity index (χ0n) is 13.4. The molecule has 1 fully saturated rings. The van der Waals surface area contributed by atoms with E-state index in [-0.39, 0.29) is 5.69 Å². The molecule has 0 radical (unpaired) electrons. The molecule has 2 heterocycles. The summed E-state index contributed by atoms with van der Waals surface area (Å²) in [5, 5.41) is 9.62. The molecule has 1 aromatic carbocycles. The molecule has 126 valence electrons. The van der Waals surface area contributed by atoms with Gasteiger partial charge in [0, 0.05) is 11.6 Å². The van der Waals surface area contributed by atoms with Gasteiger partial charge in [0.2, 0.25) is 0 Å². The summed E-state index contributed by atoms with van der Waals surface area (Å²) in [5.41, 5.74) is 2.14. The SMILES string of the molecule is O=C(O)c1cnc(CN2CCC(Cc3ccc(Cl)cc3)CC2)cn1. The third-order valence-corrected chi connectivity index (χ3v) is 4.71. The first kappa shape index (κ1) is 16.9. The Morgan fingerprint density at radius 3 is 2.46 bits per heavy atom. The summed E-state index contributed by atoms with van der Waals surface area (Å²) in [6.07, 6.45) is 6.29. The van der Waals surface area contributed by atoms with E-state index < -0.39 is 5.97 Å². The van der Waals surface area contributed by atoms with E-state index in [0.717, 1.165) is 49.6 Å². The van der Waals surface area contributed by atoms with Crippen molar-refractivity contribution in [3.8, 4) is 0 Å². The van der Waals surface area contributed by atoms with Crippen LogP contribution in [0.2, 0.25) is 5.02 Å². The van der Waals surface area contributed by atoms with Crippen molar-refractivity contribution in [2.75, 3.05) is 13.1 Å². The zero-order valence-corrected chi connectivity index (χ0v) is 14.1. The van der Waals surface area contributed by atoms with Crippen LogP contribution in [-0.2, 0) is 13.0 Å². The van der Waals surface area contributed by atoms with Crippen LogP contribution in [0.5, 0.6) is 0 Å². The molecule has 3 rings (SSSR count). The molecule has 0 saturated carbocycles. The van der Waals surface area contributed by atoms with Gasteiger partial charge in [-0.15, -0.1) is 0 Å². The second kappa shape index (κ2) is 7.73. The number of carboxylic acid groups (broad SMARTS) is 1. The first-order valence-corrected chi connectivity index (χ1v) is 8.49. The lowest BCUT2D eigenvalue weighted by atomic mass is 9.90. The van der Waals surface area contributed by atoms with E-state index in [9.17, 15) is 4.79 Å². The number of carbonyl (C=O) groups is 1. The van der Waals surface area contributed by atoms with Crippen molar-refractivity contribution in [1.82, 2.24) is 14.9 Å².